The second-order valence-electron chi connectivity index (χ2n) is 9.10. The maximum Gasteiger partial charge on any atom is 0.225 e. The van der Waals surface area contributed by atoms with Crippen LogP contribution in [-0.2, 0) is 4.79 Å². The molecule has 26 heavy (non-hydrogen) atoms. The van der Waals surface area contributed by atoms with Crippen LogP contribution in [0.5, 0.6) is 0 Å². The molecule has 3 saturated heterocycles. The van der Waals surface area contributed by atoms with Gasteiger partial charge in [-0.05, 0) is 58.5 Å². The Morgan fingerprint density at radius 2 is 1.35 bits per heavy atom. The van der Waals surface area contributed by atoms with E-state index in [1.54, 1.807) is 0 Å². The lowest BCUT2D eigenvalue weighted by molar-refractivity contribution is -0.138. The van der Waals surface area contributed by atoms with Gasteiger partial charge in [0.15, 0.2) is 0 Å². The fraction of sp³-hybridized carbons (Fsp3) is 0.952. The van der Waals surface area contributed by atoms with Crippen LogP contribution in [0.1, 0.15) is 46.5 Å². The molecule has 0 atom stereocenters. The smallest absolute Gasteiger partial charge is 0.225 e. The molecule has 5 heteroatoms. The summed E-state index contributed by atoms with van der Waals surface area (Å²) in [6.07, 6.45) is 4.50. The Kier molecular flexibility index (Phi) is 7.35. The van der Waals surface area contributed by atoms with E-state index >= 15 is 0 Å². The van der Waals surface area contributed by atoms with Crippen molar-refractivity contribution in [1.82, 2.24) is 19.6 Å². The van der Waals surface area contributed by atoms with Crippen molar-refractivity contribution in [2.24, 2.45) is 11.8 Å². The average Bonchev–Trinajstić information content (AvgIpc) is 2.67. The summed E-state index contributed by atoms with van der Waals surface area (Å²) in [6, 6.07) is 0.678. The highest BCUT2D eigenvalue weighted by Crippen LogP contribution is 2.23. The van der Waals surface area contributed by atoms with Crippen LogP contribution in [0.15, 0.2) is 0 Å². The summed E-state index contributed by atoms with van der Waals surface area (Å²) in [5, 5.41) is 0. The van der Waals surface area contributed by atoms with Crippen LogP contribution in [0, 0.1) is 11.8 Å². The highest BCUT2D eigenvalue weighted by atomic mass is 16.2. The van der Waals surface area contributed by atoms with Gasteiger partial charge in [-0.25, -0.2) is 0 Å². The summed E-state index contributed by atoms with van der Waals surface area (Å²) >= 11 is 0. The Bertz CT molecular complexity index is 431. The summed E-state index contributed by atoms with van der Waals surface area (Å²) < 4.78 is 0. The first-order chi connectivity index (χ1) is 12.5. The number of piperazine rings is 1. The second kappa shape index (κ2) is 9.52. The molecule has 0 N–H and O–H groups in total. The number of rotatable bonds is 5. The van der Waals surface area contributed by atoms with Gasteiger partial charge < -0.3 is 9.80 Å². The SMILES string of the molecule is CC1CCN(C(=O)C2CCN(CCN3CCN(C(C)C)CC3)CC2)CC1. The summed E-state index contributed by atoms with van der Waals surface area (Å²) in [6.45, 7) is 18.3. The van der Waals surface area contributed by atoms with E-state index < -0.39 is 0 Å². The molecule has 3 rings (SSSR count). The first-order valence-electron chi connectivity index (χ1n) is 11.0. The van der Waals surface area contributed by atoms with Crippen LogP contribution in [0.25, 0.3) is 0 Å². The zero-order valence-electron chi connectivity index (χ0n) is 17.3. The van der Waals surface area contributed by atoms with Crippen molar-refractivity contribution in [2.75, 3.05) is 65.4 Å². The topological polar surface area (TPSA) is 30.0 Å². The van der Waals surface area contributed by atoms with Gasteiger partial charge in [0.2, 0.25) is 5.91 Å². The van der Waals surface area contributed by atoms with Crippen molar-refractivity contribution in [3.8, 4) is 0 Å². The Labute approximate surface area is 160 Å². The maximum absolute atomic E-state index is 12.8. The summed E-state index contributed by atoms with van der Waals surface area (Å²) in [5.74, 6) is 1.53. The van der Waals surface area contributed by atoms with Crippen molar-refractivity contribution < 1.29 is 4.79 Å². The molecular formula is C21H40N4O. The first-order valence-corrected chi connectivity index (χ1v) is 11.0. The van der Waals surface area contributed by atoms with E-state index in [1.807, 2.05) is 0 Å². The molecular weight excluding hydrogens is 324 g/mol. The molecule has 3 aliphatic heterocycles. The molecule has 150 valence electrons. The fourth-order valence-corrected chi connectivity index (χ4v) is 4.68. The average molecular weight is 365 g/mol. The van der Waals surface area contributed by atoms with Crippen LogP contribution < -0.4 is 0 Å². The predicted octanol–water partition coefficient (Wildman–Crippen LogP) is 1.98. The predicted molar refractivity (Wildman–Crippen MR) is 107 cm³/mol. The summed E-state index contributed by atoms with van der Waals surface area (Å²) in [5.41, 5.74) is 0. The van der Waals surface area contributed by atoms with E-state index in [0.29, 0.717) is 11.9 Å². The Balaban J connectivity index is 1.32. The lowest BCUT2D eigenvalue weighted by Gasteiger charge is -2.39. The lowest BCUT2D eigenvalue weighted by atomic mass is 9.92. The van der Waals surface area contributed by atoms with Crippen LogP contribution in [0.4, 0.5) is 0 Å². The van der Waals surface area contributed by atoms with Crippen molar-refractivity contribution in [2.45, 2.75) is 52.5 Å². The molecule has 0 aliphatic carbocycles. The second-order valence-corrected chi connectivity index (χ2v) is 9.10. The number of nitrogens with zero attached hydrogens (tertiary/aromatic N) is 4. The van der Waals surface area contributed by atoms with E-state index in [0.717, 1.165) is 44.9 Å². The monoisotopic (exact) mass is 364 g/mol. The zero-order chi connectivity index (χ0) is 18.5. The zero-order valence-corrected chi connectivity index (χ0v) is 17.3. The number of amides is 1. The van der Waals surface area contributed by atoms with Gasteiger partial charge in [0, 0.05) is 64.3 Å². The third-order valence-corrected chi connectivity index (χ3v) is 6.90. The highest BCUT2D eigenvalue weighted by molar-refractivity contribution is 5.79. The van der Waals surface area contributed by atoms with Crippen LogP contribution in [0.3, 0.4) is 0 Å². The molecule has 3 heterocycles. The molecule has 0 spiro atoms. The molecule has 0 bridgehead atoms. The lowest BCUT2D eigenvalue weighted by Crippen LogP contribution is -2.51. The van der Waals surface area contributed by atoms with Crippen molar-refractivity contribution in [3.05, 3.63) is 0 Å². The molecule has 0 radical (unpaired) electrons. The van der Waals surface area contributed by atoms with E-state index in [2.05, 4.69) is 40.4 Å². The number of hydrogen-bond donors (Lipinski definition) is 0. The third kappa shape index (κ3) is 5.43. The van der Waals surface area contributed by atoms with E-state index in [-0.39, 0.29) is 5.92 Å². The van der Waals surface area contributed by atoms with E-state index in [9.17, 15) is 4.79 Å². The van der Waals surface area contributed by atoms with Crippen LogP contribution >= 0.6 is 0 Å². The highest BCUT2D eigenvalue weighted by Gasteiger charge is 2.30. The number of likely N-dealkylation sites (tertiary alicyclic amines) is 2. The Hall–Kier alpha value is -0.650. The van der Waals surface area contributed by atoms with Gasteiger partial charge in [-0.3, -0.25) is 14.6 Å². The van der Waals surface area contributed by atoms with Crippen molar-refractivity contribution >= 4 is 5.91 Å². The molecule has 0 aromatic rings. The van der Waals surface area contributed by atoms with Crippen LogP contribution in [-0.4, -0.2) is 97.0 Å². The fourth-order valence-electron chi connectivity index (χ4n) is 4.68. The van der Waals surface area contributed by atoms with Gasteiger partial charge in [0.05, 0.1) is 0 Å². The van der Waals surface area contributed by atoms with Gasteiger partial charge in [-0.1, -0.05) is 6.92 Å². The number of carbonyl (C=O) groups is 1. The van der Waals surface area contributed by atoms with Gasteiger partial charge >= 0.3 is 0 Å². The maximum atomic E-state index is 12.8. The standard InChI is InChI=1S/C21H40N4O/c1-18(2)24-16-14-23(15-17-24)13-12-22-8-6-20(7-9-22)21(26)25-10-4-19(3)5-11-25/h18-20H,4-17H2,1-3H3. The minimum absolute atomic E-state index is 0.286. The van der Waals surface area contributed by atoms with Gasteiger partial charge in [-0.15, -0.1) is 0 Å². The minimum atomic E-state index is 0.286. The molecule has 0 aromatic carbocycles. The van der Waals surface area contributed by atoms with Crippen molar-refractivity contribution in [1.29, 1.82) is 0 Å². The first kappa shape index (κ1) is 20.1. The number of carbonyl (C=O) groups excluding carboxylic acids is 1. The minimum Gasteiger partial charge on any atom is -0.342 e. The largest absolute Gasteiger partial charge is 0.342 e. The third-order valence-electron chi connectivity index (χ3n) is 6.90. The molecule has 3 aliphatic rings. The summed E-state index contributed by atoms with van der Waals surface area (Å²) in [4.78, 5) is 22.7. The quantitative estimate of drug-likeness (QED) is 0.746. The summed E-state index contributed by atoms with van der Waals surface area (Å²) in [7, 11) is 0. The molecule has 3 fully saturated rings. The van der Waals surface area contributed by atoms with E-state index in [1.165, 1.54) is 52.1 Å². The number of piperidine rings is 2. The van der Waals surface area contributed by atoms with Gasteiger partial charge in [-0.2, -0.15) is 0 Å². The molecule has 0 unspecified atom stereocenters. The Morgan fingerprint density at radius 3 is 1.88 bits per heavy atom. The molecule has 1 amide bonds. The Morgan fingerprint density at radius 1 is 0.808 bits per heavy atom. The number of hydrogen-bond acceptors (Lipinski definition) is 4. The normalized spacial score (nSPS) is 25.9. The molecule has 5 nitrogen and oxygen atoms in total. The molecule has 0 saturated carbocycles. The van der Waals surface area contributed by atoms with Crippen LogP contribution in [0.2, 0.25) is 0 Å². The van der Waals surface area contributed by atoms with Gasteiger partial charge in [0.1, 0.15) is 0 Å². The van der Waals surface area contributed by atoms with E-state index in [4.69, 9.17) is 0 Å². The van der Waals surface area contributed by atoms with Gasteiger partial charge in [0.25, 0.3) is 0 Å². The van der Waals surface area contributed by atoms with Crippen molar-refractivity contribution in [3.63, 3.8) is 0 Å². The molecule has 0 aromatic heterocycles.